The maximum absolute atomic E-state index is 5.84. The Labute approximate surface area is 94.0 Å². The highest BCUT2D eigenvalue weighted by molar-refractivity contribution is 4.79. The Kier molecular flexibility index (Phi) is 6.22. The highest BCUT2D eigenvalue weighted by Gasteiger charge is 2.23. The Bertz CT molecular complexity index is 156. The van der Waals surface area contributed by atoms with E-state index in [0.717, 1.165) is 19.6 Å². The van der Waals surface area contributed by atoms with E-state index in [4.69, 9.17) is 10.5 Å². The first-order valence-electron chi connectivity index (χ1n) is 6.28. The van der Waals surface area contributed by atoms with Crippen LogP contribution in [0.2, 0.25) is 0 Å². The molecule has 1 aliphatic rings. The molecule has 1 aliphatic heterocycles. The van der Waals surface area contributed by atoms with Gasteiger partial charge in [-0.15, -0.1) is 0 Å². The molecule has 0 spiro atoms. The third-order valence-electron chi connectivity index (χ3n) is 3.49. The molecule has 0 saturated carbocycles. The van der Waals surface area contributed by atoms with Crippen LogP contribution in [0, 0.1) is 0 Å². The fourth-order valence-electron chi connectivity index (χ4n) is 2.37. The lowest BCUT2D eigenvalue weighted by atomic mass is 10.0. The second kappa shape index (κ2) is 7.20. The second-order valence-corrected chi connectivity index (χ2v) is 4.50. The molecule has 0 aromatic heterocycles. The molecule has 0 aromatic rings. The Balaban J connectivity index is 2.29. The minimum absolute atomic E-state index is 0.478. The van der Waals surface area contributed by atoms with Gasteiger partial charge in [-0.05, 0) is 19.3 Å². The number of ether oxygens (including phenoxy) is 1. The normalized spacial score (nSPS) is 21.8. The first-order chi connectivity index (χ1) is 7.31. The van der Waals surface area contributed by atoms with Crippen molar-refractivity contribution in [3.8, 4) is 0 Å². The van der Waals surface area contributed by atoms with Crippen molar-refractivity contribution in [2.24, 2.45) is 5.73 Å². The molecule has 0 aromatic carbocycles. The van der Waals surface area contributed by atoms with E-state index in [2.05, 4.69) is 11.8 Å². The summed E-state index contributed by atoms with van der Waals surface area (Å²) in [7, 11) is 1.82. The van der Waals surface area contributed by atoms with E-state index in [1.54, 1.807) is 0 Å². The number of nitrogens with two attached hydrogens (primary N) is 1. The van der Waals surface area contributed by atoms with Gasteiger partial charge < -0.3 is 10.5 Å². The van der Waals surface area contributed by atoms with Crippen LogP contribution >= 0.6 is 0 Å². The van der Waals surface area contributed by atoms with Crippen molar-refractivity contribution < 1.29 is 4.74 Å². The summed E-state index contributed by atoms with van der Waals surface area (Å²) in [5.74, 6) is 0. The number of piperidine rings is 1. The lowest BCUT2D eigenvalue weighted by Crippen LogP contribution is -2.46. The van der Waals surface area contributed by atoms with Crippen LogP contribution in [-0.4, -0.2) is 43.8 Å². The van der Waals surface area contributed by atoms with E-state index in [0.29, 0.717) is 12.1 Å². The molecule has 1 saturated heterocycles. The summed E-state index contributed by atoms with van der Waals surface area (Å²) in [4.78, 5) is 2.55. The van der Waals surface area contributed by atoms with Crippen LogP contribution in [0.1, 0.15) is 39.0 Å². The van der Waals surface area contributed by atoms with Gasteiger partial charge in [-0.25, -0.2) is 0 Å². The summed E-state index contributed by atoms with van der Waals surface area (Å²) in [6, 6.07) is 0.600. The van der Waals surface area contributed by atoms with Crippen LogP contribution in [0.25, 0.3) is 0 Å². The molecule has 0 bridgehead atoms. The van der Waals surface area contributed by atoms with Crippen LogP contribution in [0.15, 0.2) is 0 Å². The summed E-state index contributed by atoms with van der Waals surface area (Å²) in [5.41, 5.74) is 5.84. The van der Waals surface area contributed by atoms with Crippen LogP contribution in [0.5, 0.6) is 0 Å². The number of hydrogen-bond donors (Lipinski definition) is 1. The zero-order valence-electron chi connectivity index (χ0n) is 10.2. The van der Waals surface area contributed by atoms with Gasteiger partial charge in [0.2, 0.25) is 0 Å². The molecule has 15 heavy (non-hydrogen) atoms. The zero-order valence-corrected chi connectivity index (χ0v) is 10.2. The molecule has 1 atom stereocenters. The second-order valence-electron chi connectivity index (χ2n) is 4.50. The van der Waals surface area contributed by atoms with Gasteiger partial charge in [0, 0.05) is 32.8 Å². The molecule has 0 amide bonds. The van der Waals surface area contributed by atoms with Crippen molar-refractivity contribution in [2.75, 3.05) is 26.7 Å². The van der Waals surface area contributed by atoms with Crippen molar-refractivity contribution >= 4 is 0 Å². The van der Waals surface area contributed by atoms with E-state index >= 15 is 0 Å². The molecule has 90 valence electrons. The maximum Gasteiger partial charge on any atom is 0.0595 e. The van der Waals surface area contributed by atoms with Crippen LogP contribution in [0.4, 0.5) is 0 Å². The van der Waals surface area contributed by atoms with E-state index in [1.165, 1.54) is 32.1 Å². The zero-order chi connectivity index (χ0) is 11.1. The van der Waals surface area contributed by atoms with Gasteiger partial charge in [-0.2, -0.15) is 0 Å². The van der Waals surface area contributed by atoms with Gasteiger partial charge >= 0.3 is 0 Å². The lowest BCUT2D eigenvalue weighted by Gasteiger charge is -2.36. The molecule has 0 aliphatic carbocycles. The van der Waals surface area contributed by atoms with Crippen LogP contribution < -0.4 is 5.73 Å². The number of rotatable bonds is 6. The number of hydrogen-bond acceptors (Lipinski definition) is 3. The molecule has 0 radical (unpaired) electrons. The van der Waals surface area contributed by atoms with Crippen molar-refractivity contribution in [1.82, 2.24) is 4.90 Å². The Morgan fingerprint density at radius 1 is 1.40 bits per heavy atom. The van der Waals surface area contributed by atoms with E-state index < -0.39 is 0 Å². The van der Waals surface area contributed by atoms with Crippen molar-refractivity contribution in [2.45, 2.75) is 51.2 Å². The fourth-order valence-corrected chi connectivity index (χ4v) is 2.37. The molecule has 3 heteroatoms. The highest BCUT2D eigenvalue weighted by atomic mass is 16.5. The summed E-state index contributed by atoms with van der Waals surface area (Å²) in [6.45, 7) is 5.36. The minimum atomic E-state index is 0.478. The number of methoxy groups -OCH3 is 1. The predicted molar refractivity (Wildman–Crippen MR) is 64.0 cm³/mol. The molecule has 2 N–H and O–H groups in total. The summed E-state index contributed by atoms with van der Waals surface area (Å²) < 4.78 is 5.38. The third-order valence-corrected chi connectivity index (χ3v) is 3.49. The molecule has 1 heterocycles. The van der Waals surface area contributed by atoms with E-state index in [-0.39, 0.29) is 0 Å². The highest BCUT2D eigenvalue weighted by Crippen LogP contribution is 2.17. The van der Waals surface area contributed by atoms with Gasteiger partial charge in [-0.1, -0.05) is 19.8 Å². The fraction of sp³-hybridized carbons (Fsp3) is 1.00. The first kappa shape index (κ1) is 12.9. The van der Waals surface area contributed by atoms with Gasteiger partial charge in [0.15, 0.2) is 0 Å². The molecular weight excluding hydrogens is 188 g/mol. The number of nitrogens with zero attached hydrogens (tertiary/aromatic N) is 1. The molecule has 1 fully saturated rings. The lowest BCUT2D eigenvalue weighted by molar-refractivity contribution is 0.0268. The molecule has 3 nitrogen and oxygen atoms in total. The third kappa shape index (κ3) is 4.09. The van der Waals surface area contributed by atoms with Crippen LogP contribution in [0.3, 0.4) is 0 Å². The average molecular weight is 214 g/mol. The smallest absolute Gasteiger partial charge is 0.0595 e. The van der Waals surface area contributed by atoms with Crippen LogP contribution in [-0.2, 0) is 4.74 Å². The van der Waals surface area contributed by atoms with Gasteiger partial charge in [0.1, 0.15) is 0 Å². The van der Waals surface area contributed by atoms with E-state index in [9.17, 15) is 0 Å². The standard InChI is InChI=1S/C12H26N2O/c1-3-4-5-11(10-13)14-8-6-12(15-2)7-9-14/h11-12H,3-10,13H2,1-2H3. The minimum Gasteiger partial charge on any atom is -0.381 e. The number of likely N-dealkylation sites (tertiary alicyclic amines) is 1. The van der Waals surface area contributed by atoms with Gasteiger partial charge in [0.25, 0.3) is 0 Å². The monoisotopic (exact) mass is 214 g/mol. The largest absolute Gasteiger partial charge is 0.381 e. The van der Waals surface area contributed by atoms with Gasteiger partial charge in [-0.3, -0.25) is 4.90 Å². The first-order valence-corrected chi connectivity index (χ1v) is 6.28. The topological polar surface area (TPSA) is 38.5 Å². The predicted octanol–water partition coefficient (Wildman–Crippen LogP) is 1.61. The quantitative estimate of drug-likeness (QED) is 0.730. The van der Waals surface area contributed by atoms with Crippen molar-refractivity contribution in [3.63, 3.8) is 0 Å². The Hall–Kier alpha value is -0.120. The summed E-state index contributed by atoms with van der Waals surface area (Å²) in [6.07, 6.45) is 6.63. The number of unbranched alkanes of at least 4 members (excludes halogenated alkanes) is 1. The summed E-state index contributed by atoms with van der Waals surface area (Å²) >= 11 is 0. The summed E-state index contributed by atoms with van der Waals surface area (Å²) in [5, 5.41) is 0. The molecular formula is C12H26N2O. The average Bonchev–Trinajstić information content (AvgIpc) is 2.31. The SMILES string of the molecule is CCCCC(CN)N1CCC(OC)CC1. The molecule has 1 rings (SSSR count). The van der Waals surface area contributed by atoms with E-state index in [1.807, 2.05) is 7.11 Å². The maximum atomic E-state index is 5.84. The molecule has 1 unspecified atom stereocenters. The Morgan fingerprint density at radius 3 is 2.53 bits per heavy atom. The Morgan fingerprint density at radius 2 is 2.07 bits per heavy atom. The van der Waals surface area contributed by atoms with Gasteiger partial charge in [0.05, 0.1) is 6.10 Å². The van der Waals surface area contributed by atoms with Crippen molar-refractivity contribution in [1.29, 1.82) is 0 Å². The van der Waals surface area contributed by atoms with Crippen molar-refractivity contribution in [3.05, 3.63) is 0 Å².